The molecule has 2 rings (SSSR count). The number of nitrogens with one attached hydrogen (secondary N) is 1. The van der Waals surface area contributed by atoms with Gasteiger partial charge in [-0.1, -0.05) is 6.92 Å². The summed E-state index contributed by atoms with van der Waals surface area (Å²) < 4.78 is 5.32. The van der Waals surface area contributed by atoms with E-state index < -0.39 is 0 Å². The smallest absolute Gasteiger partial charge is 0.227 e. The summed E-state index contributed by atoms with van der Waals surface area (Å²) in [7, 11) is 0. The molecule has 1 saturated heterocycles. The standard InChI is InChI=1S/C13H24N2O2/c1-10(11-2-3-11)8-15-12(16)13(9-14)4-6-17-7-5-13/h10-11H,2-9,14H2,1H3,(H,15,16). The fourth-order valence-corrected chi connectivity index (χ4v) is 2.56. The van der Waals surface area contributed by atoms with E-state index in [0.29, 0.717) is 25.7 Å². The van der Waals surface area contributed by atoms with Crippen molar-refractivity contribution in [2.75, 3.05) is 26.3 Å². The van der Waals surface area contributed by atoms with Crippen molar-refractivity contribution in [2.45, 2.75) is 32.6 Å². The normalized spacial score (nSPS) is 25.3. The van der Waals surface area contributed by atoms with E-state index in [1.165, 1.54) is 12.8 Å². The lowest BCUT2D eigenvalue weighted by molar-refractivity contribution is -0.136. The van der Waals surface area contributed by atoms with Gasteiger partial charge < -0.3 is 15.8 Å². The molecule has 0 radical (unpaired) electrons. The molecule has 4 heteroatoms. The zero-order valence-electron chi connectivity index (χ0n) is 10.7. The van der Waals surface area contributed by atoms with Crippen molar-refractivity contribution < 1.29 is 9.53 Å². The molecule has 98 valence electrons. The highest BCUT2D eigenvalue weighted by Gasteiger charge is 2.39. The Morgan fingerprint density at radius 3 is 2.65 bits per heavy atom. The van der Waals surface area contributed by atoms with Crippen molar-refractivity contribution in [1.29, 1.82) is 0 Å². The first-order chi connectivity index (χ1) is 8.18. The second kappa shape index (κ2) is 5.36. The maximum absolute atomic E-state index is 12.3. The van der Waals surface area contributed by atoms with Crippen LogP contribution in [0.4, 0.5) is 0 Å². The molecule has 1 aliphatic heterocycles. The summed E-state index contributed by atoms with van der Waals surface area (Å²) in [5, 5.41) is 3.09. The average Bonchev–Trinajstić information content (AvgIpc) is 3.20. The number of carbonyl (C=O) groups excluding carboxylic acids is 1. The predicted molar refractivity (Wildman–Crippen MR) is 66.4 cm³/mol. The van der Waals surface area contributed by atoms with Crippen LogP contribution < -0.4 is 11.1 Å². The molecule has 1 aliphatic carbocycles. The summed E-state index contributed by atoms with van der Waals surface area (Å²) >= 11 is 0. The molecule has 0 aromatic heterocycles. The van der Waals surface area contributed by atoms with Gasteiger partial charge in [0.15, 0.2) is 0 Å². The Hall–Kier alpha value is -0.610. The average molecular weight is 240 g/mol. The van der Waals surface area contributed by atoms with E-state index in [1.807, 2.05) is 0 Å². The van der Waals surface area contributed by atoms with Crippen molar-refractivity contribution in [3.05, 3.63) is 0 Å². The van der Waals surface area contributed by atoms with Crippen LogP contribution >= 0.6 is 0 Å². The summed E-state index contributed by atoms with van der Waals surface area (Å²) in [6.45, 7) is 4.76. The number of amides is 1. The number of rotatable bonds is 5. The third-order valence-corrected chi connectivity index (χ3v) is 4.33. The summed E-state index contributed by atoms with van der Waals surface area (Å²) in [5.74, 6) is 1.57. The summed E-state index contributed by atoms with van der Waals surface area (Å²) in [6, 6.07) is 0. The summed E-state index contributed by atoms with van der Waals surface area (Å²) in [4.78, 5) is 12.3. The van der Waals surface area contributed by atoms with Gasteiger partial charge in [0.05, 0.1) is 5.41 Å². The van der Waals surface area contributed by atoms with Gasteiger partial charge in [0.25, 0.3) is 0 Å². The third-order valence-electron chi connectivity index (χ3n) is 4.33. The van der Waals surface area contributed by atoms with Gasteiger partial charge in [-0.15, -0.1) is 0 Å². The van der Waals surface area contributed by atoms with Gasteiger partial charge in [0, 0.05) is 26.3 Å². The van der Waals surface area contributed by atoms with Gasteiger partial charge >= 0.3 is 0 Å². The molecule has 0 aromatic rings. The van der Waals surface area contributed by atoms with Crippen molar-refractivity contribution in [1.82, 2.24) is 5.32 Å². The monoisotopic (exact) mass is 240 g/mol. The zero-order chi connectivity index (χ0) is 12.3. The minimum atomic E-state index is -0.373. The minimum Gasteiger partial charge on any atom is -0.381 e. The fraction of sp³-hybridized carbons (Fsp3) is 0.923. The molecule has 0 bridgehead atoms. The first-order valence-electron chi connectivity index (χ1n) is 6.74. The van der Waals surface area contributed by atoms with E-state index >= 15 is 0 Å². The van der Waals surface area contributed by atoms with E-state index in [-0.39, 0.29) is 11.3 Å². The van der Waals surface area contributed by atoms with Crippen molar-refractivity contribution in [2.24, 2.45) is 23.0 Å². The van der Waals surface area contributed by atoms with Crippen LogP contribution in [0.5, 0.6) is 0 Å². The SMILES string of the molecule is CC(CNC(=O)C1(CN)CCOCC1)C1CC1. The molecule has 2 fully saturated rings. The predicted octanol–water partition coefficient (Wildman–Crippen LogP) is 0.904. The van der Waals surface area contributed by atoms with E-state index in [9.17, 15) is 4.79 Å². The number of hydrogen-bond donors (Lipinski definition) is 2. The van der Waals surface area contributed by atoms with E-state index in [4.69, 9.17) is 10.5 Å². The largest absolute Gasteiger partial charge is 0.381 e. The first-order valence-corrected chi connectivity index (χ1v) is 6.74. The highest BCUT2D eigenvalue weighted by Crippen LogP contribution is 2.36. The van der Waals surface area contributed by atoms with E-state index in [1.54, 1.807) is 0 Å². The molecule has 3 N–H and O–H groups in total. The van der Waals surface area contributed by atoms with Crippen molar-refractivity contribution in [3.63, 3.8) is 0 Å². The number of hydrogen-bond acceptors (Lipinski definition) is 3. The molecular weight excluding hydrogens is 216 g/mol. The van der Waals surface area contributed by atoms with Crippen LogP contribution in [0.1, 0.15) is 32.6 Å². The van der Waals surface area contributed by atoms with Gasteiger partial charge in [-0.2, -0.15) is 0 Å². The molecule has 1 saturated carbocycles. The second-order valence-electron chi connectivity index (χ2n) is 5.62. The summed E-state index contributed by atoms with van der Waals surface area (Å²) in [5.41, 5.74) is 5.43. The fourth-order valence-electron chi connectivity index (χ4n) is 2.56. The van der Waals surface area contributed by atoms with Crippen LogP contribution in [0.15, 0.2) is 0 Å². The maximum Gasteiger partial charge on any atom is 0.227 e. The van der Waals surface area contributed by atoms with Crippen molar-refractivity contribution in [3.8, 4) is 0 Å². The Morgan fingerprint density at radius 2 is 2.12 bits per heavy atom. The van der Waals surface area contributed by atoms with Gasteiger partial charge in [0.1, 0.15) is 0 Å². The highest BCUT2D eigenvalue weighted by molar-refractivity contribution is 5.83. The Labute approximate surface area is 103 Å². The molecule has 17 heavy (non-hydrogen) atoms. The molecule has 0 aromatic carbocycles. The van der Waals surface area contributed by atoms with E-state index in [2.05, 4.69) is 12.2 Å². The quantitative estimate of drug-likeness (QED) is 0.750. The lowest BCUT2D eigenvalue weighted by Crippen LogP contribution is -2.50. The lowest BCUT2D eigenvalue weighted by Gasteiger charge is -2.34. The number of carbonyl (C=O) groups is 1. The summed E-state index contributed by atoms with van der Waals surface area (Å²) in [6.07, 6.45) is 4.17. The first kappa shape index (κ1) is 12.8. The lowest BCUT2D eigenvalue weighted by atomic mass is 9.79. The van der Waals surface area contributed by atoms with Crippen LogP contribution in [0.3, 0.4) is 0 Å². The Kier molecular flexibility index (Phi) is 4.05. The number of ether oxygens (including phenoxy) is 1. The molecular formula is C13H24N2O2. The Balaban J connectivity index is 1.83. The maximum atomic E-state index is 12.3. The van der Waals surface area contributed by atoms with Gasteiger partial charge in [-0.05, 0) is 37.5 Å². The Morgan fingerprint density at radius 1 is 1.47 bits per heavy atom. The number of nitrogens with two attached hydrogens (primary N) is 1. The van der Waals surface area contributed by atoms with Gasteiger partial charge in [-0.25, -0.2) is 0 Å². The topological polar surface area (TPSA) is 64.4 Å². The van der Waals surface area contributed by atoms with Crippen LogP contribution in [-0.2, 0) is 9.53 Å². The highest BCUT2D eigenvalue weighted by atomic mass is 16.5. The third kappa shape index (κ3) is 2.99. The zero-order valence-corrected chi connectivity index (χ0v) is 10.7. The molecule has 1 amide bonds. The van der Waals surface area contributed by atoms with Crippen LogP contribution in [-0.4, -0.2) is 32.2 Å². The molecule has 1 atom stereocenters. The molecule has 1 heterocycles. The molecule has 1 unspecified atom stereocenters. The van der Waals surface area contributed by atoms with Crippen LogP contribution in [0.25, 0.3) is 0 Å². The minimum absolute atomic E-state index is 0.135. The molecule has 2 aliphatic rings. The van der Waals surface area contributed by atoms with Crippen LogP contribution in [0.2, 0.25) is 0 Å². The van der Waals surface area contributed by atoms with Crippen LogP contribution in [0, 0.1) is 17.3 Å². The molecule has 4 nitrogen and oxygen atoms in total. The van der Waals surface area contributed by atoms with Gasteiger partial charge in [0.2, 0.25) is 5.91 Å². The molecule has 0 spiro atoms. The Bertz CT molecular complexity index is 271. The second-order valence-corrected chi connectivity index (χ2v) is 5.62. The van der Waals surface area contributed by atoms with E-state index in [0.717, 1.165) is 25.3 Å². The van der Waals surface area contributed by atoms with Gasteiger partial charge in [-0.3, -0.25) is 4.79 Å². The van der Waals surface area contributed by atoms with Crippen molar-refractivity contribution >= 4 is 5.91 Å².